The number of benzene rings is 5. The molecular formula is C29H19NO4. The zero-order valence-electron chi connectivity index (χ0n) is 18.7. The number of fused-ring (bicyclic) bond motifs is 2. The van der Waals surface area contributed by atoms with Gasteiger partial charge in [0.2, 0.25) is 0 Å². The molecule has 2 aliphatic rings. The van der Waals surface area contributed by atoms with E-state index in [9.17, 15) is 19.2 Å². The Morgan fingerprint density at radius 3 is 1.59 bits per heavy atom. The molecular weight excluding hydrogens is 426 g/mol. The summed E-state index contributed by atoms with van der Waals surface area (Å²) in [6.07, 6.45) is 0.850. The Morgan fingerprint density at radius 2 is 1.09 bits per heavy atom. The number of hydrogen-bond donors (Lipinski definition) is 0. The van der Waals surface area contributed by atoms with E-state index in [-0.39, 0.29) is 35.7 Å². The zero-order valence-corrected chi connectivity index (χ0v) is 18.7. The SMILES string of the molecule is CCC1CC(=O)c2ccc3c4ccc5c6c(ccc(c7ccc(c2c37)C1=O)c64)C(=O)N(C)C5=O. The summed E-state index contributed by atoms with van der Waals surface area (Å²) >= 11 is 0. The van der Waals surface area contributed by atoms with Gasteiger partial charge in [-0.25, -0.2) is 0 Å². The first-order valence-corrected chi connectivity index (χ1v) is 11.5. The summed E-state index contributed by atoms with van der Waals surface area (Å²) in [6.45, 7) is 1.95. The lowest BCUT2D eigenvalue weighted by atomic mass is 9.83. The molecule has 0 saturated heterocycles. The lowest BCUT2D eigenvalue weighted by Gasteiger charge is -2.26. The van der Waals surface area contributed by atoms with Crippen molar-refractivity contribution >= 4 is 66.5 Å². The average Bonchev–Trinajstić information content (AvgIpc) is 2.96. The molecule has 2 amide bonds. The Kier molecular flexibility index (Phi) is 3.56. The molecule has 5 heteroatoms. The lowest BCUT2D eigenvalue weighted by molar-refractivity contribution is 0.0650. The molecule has 0 bridgehead atoms. The number of carbonyl (C=O) groups is 4. The molecule has 5 aromatic carbocycles. The molecule has 1 atom stereocenters. The highest BCUT2D eigenvalue weighted by atomic mass is 16.2. The van der Waals surface area contributed by atoms with Crippen LogP contribution in [-0.2, 0) is 0 Å². The number of amides is 2. The average molecular weight is 445 g/mol. The van der Waals surface area contributed by atoms with Crippen molar-refractivity contribution < 1.29 is 19.2 Å². The number of Topliss-reactive ketones (excluding diaryl/α,β-unsaturated/α-hetero) is 2. The van der Waals surface area contributed by atoms with Crippen molar-refractivity contribution in [2.75, 3.05) is 7.05 Å². The van der Waals surface area contributed by atoms with Crippen LogP contribution in [0.3, 0.4) is 0 Å². The van der Waals surface area contributed by atoms with Crippen LogP contribution in [0, 0.1) is 5.92 Å². The van der Waals surface area contributed by atoms with Gasteiger partial charge in [0.05, 0.1) is 0 Å². The predicted molar refractivity (Wildman–Crippen MR) is 131 cm³/mol. The topological polar surface area (TPSA) is 71.5 Å². The summed E-state index contributed by atoms with van der Waals surface area (Å²) in [4.78, 5) is 53.5. The molecule has 5 nitrogen and oxygen atoms in total. The number of ketones is 2. The second kappa shape index (κ2) is 6.26. The zero-order chi connectivity index (χ0) is 23.5. The first-order chi connectivity index (χ1) is 16.4. The molecule has 1 heterocycles. The van der Waals surface area contributed by atoms with Crippen molar-refractivity contribution in [3.63, 3.8) is 0 Å². The van der Waals surface area contributed by atoms with Crippen molar-refractivity contribution in [2.24, 2.45) is 5.92 Å². The van der Waals surface area contributed by atoms with Gasteiger partial charge in [-0.3, -0.25) is 24.1 Å². The van der Waals surface area contributed by atoms with Crippen LogP contribution in [0.25, 0.3) is 43.1 Å². The van der Waals surface area contributed by atoms with Crippen LogP contribution in [0.15, 0.2) is 48.5 Å². The van der Waals surface area contributed by atoms with Gasteiger partial charge < -0.3 is 0 Å². The molecule has 1 aliphatic carbocycles. The van der Waals surface area contributed by atoms with E-state index in [4.69, 9.17) is 0 Å². The Morgan fingerprint density at radius 1 is 0.647 bits per heavy atom. The highest BCUT2D eigenvalue weighted by molar-refractivity contribution is 6.40. The molecule has 1 aliphatic heterocycles. The molecule has 1 unspecified atom stereocenters. The molecule has 0 fully saturated rings. The van der Waals surface area contributed by atoms with Crippen LogP contribution in [0.1, 0.15) is 61.2 Å². The second-order valence-electron chi connectivity index (χ2n) is 9.41. The third-order valence-electron chi connectivity index (χ3n) is 7.83. The van der Waals surface area contributed by atoms with Gasteiger partial charge in [0.15, 0.2) is 11.6 Å². The first kappa shape index (κ1) is 19.4. The molecule has 7 rings (SSSR count). The number of hydrogen-bond acceptors (Lipinski definition) is 4. The minimum Gasteiger partial charge on any atom is -0.294 e. The molecule has 0 radical (unpaired) electrons. The molecule has 0 saturated carbocycles. The Hall–Kier alpha value is -4.12. The van der Waals surface area contributed by atoms with E-state index >= 15 is 0 Å². The van der Waals surface area contributed by atoms with Crippen molar-refractivity contribution in [1.29, 1.82) is 0 Å². The molecule has 0 aromatic heterocycles. The fourth-order valence-corrected chi connectivity index (χ4v) is 6.11. The minimum absolute atomic E-state index is 0.00192. The highest BCUT2D eigenvalue weighted by Crippen LogP contribution is 2.46. The number of imide groups is 1. The third-order valence-corrected chi connectivity index (χ3v) is 7.83. The monoisotopic (exact) mass is 445 g/mol. The van der Waals surface area contributed by atoms with Crippen molar-refractivity contribution in [3.8, 4) is 0 Å². The quantitative estimate of drug-likeness (QED) is 0.187. The minimum atomic E-state index is -0.312. The fourth-order valence-electron chi connectivity index (χ4n) is 6.11. The summed E-state index contributed by atoms with van der Waals surface area (Å²) in [7, 11) is 1.51. The summed E-state index contributed by atoms with van der Waals surface area (Å²) in [5, 5.41) is 6.83. The van der Waals surface area contributed by atoms with Gasteiger partial charge in [-0.15, -0.1) is 0 Å². The van der Waals surface area contributed by atoms with E-state index in [0.29, 0.717) is 34.1 Å². The highest BCUT2D eigenvalue weighted by Gasteiger charge is 2.34. The smallest absolute Gasteiger partial charge is 0.261 e. The maximum atomic E-state index is 13.4. The van der Waals surface area contributed by atoms with Crippen LogP contribution in [0.2, 0.25) is 0 Å². The number of rotatable bonds is 1. The van der Waals surface area contributed by atoms with Gasteiger partial charge in [0.25, 0.3) is 11.8 Å². The summed E-state index contributed by atoms with van der Waals surface area (Å²) in [5.74, 6) is -0.911. The predicted octanol–water partition coefficient (Wildman–Crippen LogP) is 5.76. The van der Waals surface area contributed by atoms with Gasteiger partial charge in [-0.1, -0.05) is 43.3 Å². The molecule has 34 heavy (non-hydrogen) atoms. The summed E-state index contributed by atoms with van der Waals surface area (Å²) in [6, 6.07) is 15.0. The molecule has 0 spiro atoms. The lowest BCUT2D eigenvalue weighted by Crippen LogP contribution is -2.36. The maximum absolute atomic E-state index is 13.4. The third kappa shape index (κ3) is 2.10. The number of carbonyl (C=O) groups excluding carboxylic acids is 4. The Labute approximate surface area is 194 Å². The van der Waals surface area contributed by atoms with E-state index in [2.05, 4.69) is 0 Å². The Balaban J connectivity index is 1.73. The van der Waals surface area contributed by atoms with Gasteiger partial charge in [0, 0.05) is 52.4 Å². The van der Waals surface area contributed by atoms with Crippen LogP contribution in [-0.4, -0.2) is 35.3 Å². The van der Waals surface area contributed by atoms with E-state index in [0.717, 1.165) is 42.6 Å². The van der Waals surface area contributed by atoms with Gasteiger partial charge >= 0.3 is 0 Å². The first-order valence-electron chi connectivity index (χ1n) is 11.5. The van der Waals surface area contributed by atoms with Gasteiger partial charge in [-0.2, -0.15) is 0 Å². The van der Waals surface area contributed by atoms with Crippen molar-refractivity contribution in [1.82, 2.24) is 4.90 Å². The van der Waals surface area contributed by atoms with Gasteiger partial charge in [0.1, 0.15) is 0 Å². The summed E-state index contributed by atoms with van der Waals surface area (Å²) in [5.41, 5.74) is 2.23. The van der Waals surface area contributed by atoms with Crippen molar-refractivity contribution in [3.05, 3.63) is 70.8 Å². The van der Waals surface area contributed by atoms with E-state index < -0.39 is 0 Å². The molecule has 5 aromatic rings. The Bertz CT molecular complexity index is 1740. The van der Waals surface area contributed by atoms with E-state index in [1.165, 1.54) is 7.05 Å². The number of nitrogens with zero attached hydrogens (tertiary/aromatic N) is 1. The van der Waals surface area contributed by atoms with Crippen LogP contribution in [0.5, 0.6) is 0 Å². The standard InChI is InChI=1S/C29H19NO4/c1-3-13-12-22(31)18-8-4-14-16-6-10-20-26-21(29(34)30(2)28(20)33)11-7-17(24(16)26)15-5-9-19(27(13)32)25(18)23(14)15/h4-11,13H,3,12H2,1-2H3. The largest absolute Gasteiger partial charge is 0.294 e. The molecule has 0 N–H and O–H groups in total. The van der Waals surface area contributed by atoms with Crippen LogP contribution < -0.4 is 0 Å². The van der Waals surface area contributed by atoms with E-state index in [1.807, 2.05) is 43.3 Å². The maximum Gasteiger partial charge on any atom is 0.261 e. The normalized spacial score (nSPS) is 18.2. The van der Waals surface area contributed by atoms with Crippen molar-refractivity contribution in [2.45, 2.75) is 19.8 Å². The summed E-state index contributed by atoms with van der Waals surface area (Å²) < 4.78 is 0. The van der Waals surface area contributed by atoms with E-state index in [1.54, 1.807) is 12.1 Å². The van der Waals surface area contributed by atoms with Gasteiger partial charge in [-0.05, 0) is 50.9 Å². The van der Waals surface area contributed by atoms with Crippen LogP contribution >= 0.6 is 0 Å². The van der Waals surface area contributed by atoms with Crippen LogP contribution in [0.4, 0.5) is 0 Å². The molecule has 164 valence electrons. The second-order valence-corrected chi connectivity index (χ2v) is 9.41. The fraction of sp³-hybridized carbons (Fsp3) is 0.172.